The third-order valence-corrected chi connectivity index (χ3v) is 5.19. The number of esters is 1. The molecule has 1 fully saturated rings. The molecular formula is C26H23N3O6. The van der Waals surface area contributed by atoms with Crippen LogP contribution in [0.2, 0.25) is 0 Å². The summed E-state index contributed by atoms with van der Waals surface area (Å²) in [6.45, 7) is -0.525. The zero-order chi connectivity index (χ0) is 24.6. The standard InChI is InChI=1S/C26H23N3O6/c30-23(27-20-11-13-22(14-12-20)35-21-9-5-2-6-10-21)17-34-26(33)19-15-24(31)29(16-19)28-25(32)18-7-3-1-4-8-18/h1-14,19H,15-17H2,(H,27,30)(H,28,32)/t19-/m1/s1. The number of hydrogen-bond acceptors (Lipinski definition) is 6. The lowest BCUT2D eigenvalue weighted by Crippen LogP contribution is -2.43. The third kappa shape index (κ3) is 6.44. The van der Waals surface area contributed by atoms with Crippen molar-refractivity contribution < 1.29 is 28.7 Å². The maximum atomic E-state index is 12.4. The van der Waals surface area contributed by atoms with Crippen LogP contribution in [-0.4, -0.2) is 41.9 Å². The monoisotopic (exact) mass is 473 g/mol. The van der Waals surface area contributed by atoms with E-state index in [0.29, 0.717) is 22.7 Å². The largest absolute Gasteiger partial charge is 0.457 e. The molecule has 4 rings (SSSR count). The highest BCUT2D eigenvalue weighted by Crippen LogP contribution is 2.23. The first-order chi connectivity index (χ1) is 17.0. The summed E-state index contributed by atoms with van der Waals surface area (Å²) in [4.78, 5) is 49.0. The van der Waals surface area contributed by atoms with Crippen LogP contribution in [0.25, 0.3) is 0 Å². The van der Waals surface area contributed by atoms with Crippen LogP contribution in [0, 0.1) is 5.92 Å². The smallest absolute Gasteiger partial charge is 0.311 e. The van der Waals surface area contributed by atoms with E-state index in [0.717, 1.165) is 5.01 Å². The molecule has 0 unspecified atom stereocenters. The van der Waals surface area contributed by atoms with E-state index in [2.05, 4.69) is 10.7 Å². The zero-order valence-corrected chi connectivity index (χ0v) is 18.7. The van der Waals surface area contributed by atoms with Gasteiger partial charge in [0.2, 0.25) is 5.91 Å². The molecular weight excluding hydrogens is 450 g/mol. The lowest BCUT2D eigenvalue weighted by molar-refractivity contribution is -0.151. The Morgan fingerprint density at radius 3 is 2.17 bits per heavy atom. The van der Waals surface area contributed by atoms with Crippen molar-refractivity contribution in [2.45, 2.75) is 6.42 Å². The fraction of sp³-hybridized carbons (Fsp3) is 0.154. The average Bonchev–Trinajstić information content (AvgIpc) is 3.25. The number of rotatable bonds is 8. The van der Waals surface area contributed by atoms with Gasteiger partial charge in [-0.2, -0.15) is 0 Å². The van der Waals surface area contributed by atoms with Gasteiger partial charge in [-0.25, -0.2) is 0 Å². The fourth-order valence-electron chi connectivity index (χ4n) is 3.43. The van der Waals surface area contributed by atoms with Crippen LogP contribution < -0.4 is 15.5 Å². The summed E-state index contributed by atoms with van der Waals surface area (Å²) in [6, 6.07) is 24.5. The second kappa shape index (κ2) is 11.0. The van der Waals surface area contributed by atoms with Crippen molar-refractivity contribution in [3.05, 3.63) is 90.5 Å². The summed E-state index contributed by atoms with van der Waals surface area (Å²) in [6.07, 6.45) is -0.113. The van der Waals surface area contributed by atoms with E-state index in [1.54, 1.807) is 54.6 Å². The highest BCUT2D eigenvalue weighted by Gasteiger charge is 2.36. The fourth-order valence-corrected chi connectivity index (χ4v) is 3.43. The number of amides is 3. The number of carbonyl (C=O) groups excluding carboxylic acids is 4. The van der Waals surface area contributed by atoms with E-state index in [1.165, 1.54) is 0 Å². The number of benzene rings is 3. The van der Waals surface area contributed by atoms with E-state index in [1.807, 2.05) is 30.3 Å². The molecule has 1 aliphatic rings. The van der Waals surface area contributed by atoms with Crippen molar-refractivity contribution in [1.29, 1.82) is 0 Å². The molecule has 0 aliphatic carbocycles. The lowest BCUT2D eigenvalue weighted by atomic mass is 10.1. The number of ether oxygens (including phenoxy) is 2. The number of hydrazine groups is 1. The Labute approximate surface area is 201 Å². The van der Waals surface area contributed by atoms with Crippen molar-refractivity contribution in [1.82, 2.24) is 10.4 Å². The minimum absolute atomic E-state index is 0.0270. The minimum atomic E-state index is -0.777. The molecule has 178 valence electrons. The van der Waals surface area contributed by atoms with Crippen LogP contribution in [0.3, 0.4) is 0 Å². The number of nitrogens with one attached hydrogen (secondary N) is 2. The number of para-hydroxylation sites is 1. The maximum Gasteiger partial charge on any atom is 0.311 e. The molecule has 0 spiro atoms. The van der Waals surface area contributed by atoms with Crippen LogP contribution in [-0.2, 0) is 19.1 Å². The van der Waals surface area contributed by atoms with Gasteiger partial charge in [0.05, 0.1) is 12.5 Å². The highest BCUT2D eigenvalue weighted by atomic mass is 16.5. The topological polar surface area (TPSA) is 114 Å². The summed E-state index contributed by atoms with van der Waals surface area (Å²) < 4.78 is 10.8. The minimum Gasteiger partial charge on any atom is -0.457 e. The highest BCUT2D eigenvalue weighted by molar-refractivity contribution is 5.97. The molecule has 9 nitrogen and oxygen atoms in total. The van der Waals surface area contributed by atoms with Gasteiger partial charge in [-0.3, -0.25) is 29.6 Å². The van der Waals surface area contributed by atoms with Gasteiger partial charge in [0.25, 0.3) is 11.8 Å². The Kier molecular flexibility index (Phi) is 7.37. The Hall–Kier alpha value is -4.66. The SMILES string of the molecule is O=C(COC(=O)[C@@H]1CC(=O)N(NC(=O)c2ccccc2)C1)Nc1ccc(Oc2ccccc2)cc1. The van der Waals surface area contributed by atoms with Crippen molar-refractivity contribution in [2.24, 2.45) is 5.92 Å². The van der Waals surface area contributed by atoms with Crippen LogP contribution in [0.4, 0.5) is 5.69 Å². The number of anilines is 1. The van der Waals surface area contributed by atoms with Gasteiger partial charge in [-0.15, -0.1) is 0 Å². The molecule has 1 saturated heterocycles. The number of hydrogen-bond donors (Lipinski definition) is 2. The van der Waals surface area contributed by atoms with E-state index in [-0.39, 0.29) is 13.0 Å². The first-order valence-corrected chi connectivity index (χ1v) is 10.9. The molecule has 9 heteroatoms. The van der Waals surface area contributed by atoms with Crippen molar-refractivity contribution in [3.8, 4) is 11.5 Å². The first kappa shape index (κ1) is 23.5. The van der Waals surface area contributed by atoms with Gasteiger partial charge in [0.1, 0.15) is 11.5 Å². The van der Waals surface area contributed by atoms with Crippen molar-refractivity contribution >= 4 is 29.4 Å². The van der Waals surface area contributed by atoms with Gasteiger partial charge < -0.3 is 14.8 Å². The molecule has 2 N–H and O–H groups in total. The molecule has 3 amide bonds. The van der Waals surface area contributed by atoms with Gasteiger partial charge in [-0.05, 0) is 48.5 Å². The quantitative estimate of drug-likeness (QED) is 0.486. The Balaban J connectivity index is 1.21. The molecule has 1 aliphatic heterocycles. The Morgan fingerprint density at radius 1 is 0.857 bits per heavy atom. The zero-order valence-electron chi connectivity index (χ0n) is 18.7. The Bertz CT molecular complexity index is 1200. The molecule has 0 radical (unpaired) electrons. The first-order valence-electron chi connectivity index (χ1n) is 10.9. The van der Waals surface area contributed by atoms with Crippen molar-refractivity contribution in [2.75, 3.05) is 18.5 Å². The second-order valence-electron chi connectivity index (χ2n) is 7.81. The number of nitrogens with zero attached hydrogens (tertiary/aromatic N) is 1. The molecule has 1 atom stereocenters. The van der Waals surface area contributed by atoms with Crippen molar-refractivity contribution in [3.63, 3.8) is 0 Å². The van der Waals surface area contributed by atoms with Crippen LogP contribution in [0.5, 0.6) is 11.5 Å². The molecule has 0 bridgehead atoms. The lowest BCUT2D eigenvalue weighted by Gasteiger charge is -2.17. The predicted molar refractivity (Wildman–Crippen MR) is 126 cm³/mol. The van der Waals surface area contributed by atoms with Crippen LogP contribution in [0.1, 0.15) is 16.8 Å². The third-order valence-electron chi connectivity index (χ3n) is 5.19. The van der Waals surface area contributed by atoms with Gasteiger partial charge in [0, 0.05) is 17.7 Å². The Morgan fingerprint density at radius 2 is 1.49 bits per heavy atom. The van der Waals surface area contributed by atoms with Gasteiger partial charge in [-0.1, -0.05) is 36.4 Å². The molecule has 0 aromatic heterocycles. The predicted octanol–water partition coefficient (Wildman–Crippen LogP) is 3.15. The summed E-state index contributed by atoms with van der Waals surface area (Å²) in [5.41, 5.74) is 3.40. The summed E-state index contributed by atoms with van der Waals surface area (Å²) in [5.74, 6) is -1.53. The normalized spacial score (nSPS) is 14.8. The van der Waals surface area contributed by atoms with Gasteiger partial charge in [0.15, 0.2) is 6.61 Å². The summed E-state index contributed by atoms with van der Waals surface area (Å²) in [7, 11) is 0. The van der Waals surface area contributed by atoms with E-state index in [9.17, 15) is 19.2 Å². The van der Waals surface area contributed by atoms with Crippen LogP contribution in [0.15, 0.2) is 84.9 Å². The summed E-state index contributed by atoms with van der Waals surface area (Å²) >= 11 is 0. The molecule has 0 saturated carbocycles. The van der Waals surface area contributed by atoms with E-state index < -0.39 is 36.2 Å². The molecule has 3 aromatic carbocycles. The molecule has 1 heterocycles. The van der Waals surface area contributed by atoms with Crippen LogP contribution >= 0.6 is 0 Å². The second-order valence-corrected chi connectivity index (χ2v) is 7.81. The molecule has 35 heavy (non-hydrogen) atoms. The summed E-state index contributed by atoms with van der Waals surface area (Å²) in [5, 5.41) is 3.73. The average molecular weight is 473 g/mol. The number of carbonyl (C=O) groups is 4. The van der Waals surface area contributed by atoms with Gasteiger partial charge >= 0.3 is 5.97 Å². The van der Waals surface area contributed by atoms with E-state index >= 15 is 0 Å². The van der Waals surface area contributed by atoms with E-state index in [4.69, 9.17) is 9.47 Å². The maximum absolute atomic E-state index is 12.4. The molecule has 3 aromatic rings.